The van der Waals surface area contributed by atoms with Gasteiger partial charge in [-0.15, -0.1) is 18.2 Å². The van der Waals surface area contributed by atoms with Crippen molar-refractivity contribution in [3.8, 4) is 12.3 Å². The van der Waals surface area contributed by atoms with Crippen molar-refractivity contribution in [3.05, 3.63) is 0 Å². The van der Waals surface area contributed by atoms with Gasteiger partial charge in [0.25, 0.3) is 0 Å². The van der Waals surface area contributed by atoms with E-state index in [1.54, 1.807) is 11.8 Å². The molecule has 2 N–H and O–H groups in total. The molecule has 0 heterocycles. The van der Waals surface area contributed by atoms with Crippen molar-refractivity contribution in [1.82, 2.24) is 5.32 Å². The Bertz CT molecular complexity index is 298. The van der Waals surface area contributed by atoms with Crippen LogP contribution in [-0.4, -0.2) is 35.0 Å². The molecule has 2 unspecified atom stereocenters. The summed E-state index contributed by atoms with van der Waals surface area (Å²) in [5, 5.41) is 11.3. The molecule has 0 aromatic rings. The van der Waals surface area contributed by atoms with Crippen molar-refractivity contribution in [1.29, 1.82) is 0 Å². The minimum atomic E-state index is -0.878. The maximum Gasteiger partial charge on any atom is 0.307 e. The smallest absolute Gasteiger partial charge is 0.307 e. The van der Waals surface area contributed by atoms with Crippen LogP contribution in [0.3, 0.4) is 0 Å². The number of terminal acetylenes is 1. The number of nitrogens with one attached hydrogen (secondary N) is 1. The summed E-state index contributed by atoms with van der Waals surface area (Å²) in [6.45, 7) is 0.550. The maximum absolute atomic E-state index is 11.3. The molecule has 2 atom stereocenters. The standard InChI is InChI=1S/C10H13NO3S/c1-2-4-15-5-3-11-9(12)7-6-8(7)10(13)14/h1,7-8H,3-6H2,(H,11,12)(H,13,14). The summed E-state index contributed by atoms with van der Waals surface area (Å²) in [5.74, 6) is 2.07. The first-order valence-electron chi connectivity index (χ1n) is 4.68. The van der Waals surface area contributed by atoms with E-state index in [9.17, 15) is 9.59 Å². The fourth-order valence-corrected chi connectivity index (χ4v) is 1.77. The Morgan fingerprint density at radius 3 is 2.80 bits per heavy atom. The number of hydrogen-bond donors (Lipinski definition) is 2. The predicted molar refractivity (Wildman–Crippen MR) is 58.4 cm³/mol. The fourth-order valence-electron chi connectivity index (χ4n) is 1.27. The quantitative estimate of drug-likeness (QED) is 0.502. The average molecular weight is 227 g/mol. The van der Waals surface area contributed by atoms with Crippen LogP contribution in [0.25, 0.3) is 0 Å². The summed E-state index contributed by atoms with van der Waals surface area (Å²) in [6, 6.07) is 0. The summed E-state index contributed by atoms with van der Waals surface area (Å²) in [4.78, 5) is 21.8. The van der Waals surface area contributed by atoms with E-state index in [0.717, 1.165) is 5.75 Å². The largest absolute Gasteiger partial charge is 0.481 e. The van der Waals surface area contributed by atoms with Gasteiger partial charge in [-0.1, -0.05) is 5.92 Å². The van der Waals surface area contributed by atoms with Gasteiger partial charge in [0.15, 0.2) is 0 Å². The Kier molecular flexibility index (Phi) is 4.50. The molecule has 0 bridgehead atoms. The van der Waals surface area contributed by atoms with Crippen LogP contribution in [0.2, 0.25) is 0 Å². The fraction of sp³-hybridized carbons (Fsp3) is 0.600. The topological polar surface area (TPSA) is 66.4 Å². The van der Waals surface area contributed by atoms with Crippen LogP contribution in [-0.2, 0) is 9.59 Å². The average Bonchev–Trinajstić information content (AvgIpc) is 2.96. The molecule has 0 aromatic carbocycles. The lowest BCUT2D eigenvalue weighted by atomic mass is 10.3. The van der Waals surface area contributed by atoms with Crippen molar-refractivity contribution < 1.29 is 14.7 Å². The monoisotopic (exact) mass is 227 g/mol. The molecule has 1 aliphatic carbocycles. The van der Waals surface area contributed by atoms with Crippen molar-refractivity contribution in [2.45, 2.75) is 6.42 Å². The molecule has 1 amide bonds. The molecule has 1 aliphatic rings. The molecular weight excluding hydrogens is 214 g/mol. The number of carboxylic acids is 1. The molecule has 1 saturated carbocycles. The highest BCUT2D eigenvalue weighted by molar-refractivity contribution is 7.99. The van der Waals surface area contributed by atoms with Crippen LogP contribution in [0.1, 0.15) is 6.42 Å². The second-order valence-electron chi connectivity index (χ2n) is 3.33. The Morgan fingerprint density at radius 2 is 2.27 bits per heavy atom. The zero-order valence-electron chi connectivity index (χ0n) is 8.23. The number of aliphatic carboxylic acids is 1. The molecule has 0 radical (unpaired) electrons. The number of thioether (sulfide) groups is 1. The van der Waals surface area contributed by atoms with Crippen molar-refractivity contribution in [3.63, 3.8) is 0 Å². The van der Waals surface area contributed by atoms with Gasteiger partial charge in [-0.2, -0.15) is 0 Å². The first-order chi connectivity index (χ1) is 7.16. The van der Waals surface area contributed by atoms with E-state index >= 15 is 0 Å². The Labute approximate surface area is 92.8 Å². The Morgan fingerprint density at radius 1 is 1.53 bits per heavy atom. The van der Waals surface area contributed by atoms with Crippen molar-refractivity contribution in [2.24, 2.45) is 11.8 Å². The highest BCUT2D eigenvalue weighted by atomic mass is 32.2. The molecule has 1 fully saturated rings. The molecule has 4 nitrogen and oxygen atoms in total. The van der Waals surface area contributed by atoms with Gasteiger partial charge in [-0.3, -0.25) is 9.59 Å². The van der Waals surface area contributed by atoms with Gasteiger partial charge in [0.2, 0.25) is 5.91 Å². The summed E-state index contributed by atoms with van der Waals surface area (Å²) < 4.78 is 0. The van der Waals surface area contributed by atoms with Gasteiger partial charge >= 0.3 is 5.97 Å². The minimum Gasteiger partial charge on any atom is -0.481 e. The third-order valence-corrected chi connectivity index (χ3v) is 3.04. The number of hydrogen-bond acceptors (Lipinski definition) is 3. The van der Waals surface area contributed by atoms with E-state index in [-0.39, 0.29) is 11.8 Å². The van der Waals surface area contributed by atoms with Gasteiger partial charge in [-0.05, 0) is 6.42 Å². The van der Waals surface area contributed by atoms with Crippen LogP contribution in [0.4, 0.5) is 0 Å². The van der Waals surface area contributed by atoms with Gasteiger partial charge in [-0.25, -0.2) is 0 Å². The van der Waals surface area contributed by atoms with Gasteiger partial charge < -0.3 is 10.4 Å². The number of carbonyl (C=O) groups excluding carboxylic acids is 1. The van der Waals surface area contributed by atoms with Crippen LogP contribution in [0, 0.1) is 24.2 Å². The summed E-state index contributed by atoms with van der Waals surface area (Å²) in [5.41, 5.74) is 0. The number of carbonyl (C=O) groups is 2. The zero-order valence-corrected chi connectivity index (χ0v) is 9.05. The molecule has 0 aromatic heterocycles. The SMILES string of the molecule is C#CCSCCNC(=O)C1CC1C(=O)O. The van der Waals surface area contributed by atoms with E-state index < -0.39 is 11.9 Å². The summed E-state index contributed by atoms with van der Waals surface area (Å²) in [6.07, 6.45) is 5.53. The lowest BCUT2D eigenvalue weighted by Crippen LogP contribution is -2.28. The normalized spacial score (nSPS) is 22.9. The molecule has 5 heteroatoms. The third kappa shape index (κ3) is 3.84. The maximum atomic E-state index is 11.3. The molecular formula is C10H13NO3S. The molecule has 15 heavy (non-hydrogen) atoms. The first kappa shape index (κ1) is 11.9. The van der Waals surface area contributed by atoms with E-state index in [1.807, 2.05) is 0 Å². The van der Waals surface area contributed by atoms with Crippen molar-refractivity contribution >= 4 is 23.6 Å². The van der Waals surface area contributed by atoms with E-state index in [0.29, 0.717) is 18.7 Å². The number of amides is 1. The molecule has 0 saturated heterocycles. The second-order valence-corrected chi connectivity index (χ2v) is 4.44. The first-order valence-corrected chi connectivity index (χ1v) is 5.84. The number of rotatable bonds is 6. The highest BCUT2D eigenvalue weighted by Crippen LogP contribution is 2.38. The van der Waals surface area contributed by atoms with Crippen LogP contribution in [0.5, 0.6) is 0 Å². The van der Waals surface area contributed by atoms with Crippen LogP contribution in [0.15, 0.2) is 0 Å². The van der Waals surface area contributed by atoms with E-state index in [2.05, 4.69) is 11.2 Å². The minimum absolute atomic E-state index is 0.149. The van der Waals surface area contributed by atoms with Gasteiger partial charge in [0.05, 0.1) is 17.6 Å². The Hall–Kier alpha value is -1.15. The molecule has 82 valence electrons. The van der Waals surface area contributed by atoms with Crippen LogP contribution >= 0.6 is 11.8 Å². The Balaban J connectivity index is 2.06. The third-order valence-electron chi connectivity index (χ3n) is 2.18. The molecule has 1 rings (SSSR count). The van der Waals surface area contributed by atoms with E-state index in [1.165, 1.54) is 0 Å². The highest BCUT2D eigenvalue weighted by Gasteiger charge is 2.48. The zero-order chi connectivity index (χ0) is 11.3. The molecule has 0 spiro atoms. The lowest BCUT2D eigenvalue weighted by Gasteiger charge is -2.02. The summed E-state index contributed by atoms with van der Waals surface area (Å²) in [7, 11) is 0. The second kappa shape index (κ2) is 5.66. The lowest BCUT2D eigenvalue weighted by molar-refractivity contribution is -0.140. The number of carboxylic acid groups (broad SMARTS) is 1. The van der Waals surface area contributed by atoms with Gasteiger partial charge in [0.1, 0.15) is 0 Å². The van der Waals surface area contributed by atoms with Crippen LogP contribution < -0.4 is 5.32 Å². The summed E-state index contributed by atoms with van der Waals surface area (Å²) >= 11 is 1.57. The predicted octanol–water partition coefficient (Wildman–Crippen LogP) is 0.190. The van der Waals surface area contributed by atoms with Crippen molar-refractivity contribution in [2.75, 3.05) is 18.1 Å². The molecule has 0 aliphatic heterocycles. The van der Waals surface area contributed by atoms with Gasteiger partial charge in [0, 0.05) is 12.3 Å². The van der Waals surface area contributed by atoms with E-state index in [4.69, 9.17) is 11.5 Å².